The number of ketones is 1. The van der Waals surface area contributed by atoms with Crippen LogP contribution in [0.2, 0.25) is 0 Å². The molecule has 0 unspecified atom stereocenters. The molecule has 1 aromatic carbocycles. The largest absolute Gasteiger partial charge is 0.464 e. The van der Waals surface area contributed by atoms with Gasteiger partial charge in [0, 0.05) is 18.9 Å². The minimum atomic E-state index is -0.442. The zero-order chi connectivity index (χ0) is 19.5. The number of hydrogen-bond donors (Lipinski definition) is 0. The molecule has 0 saturated carbocycles. The Hall–Kier alpha value is -2.53. The Kier molecular flexibility index (Phi) is 8.65. The topological polar surface area (TPSA) is 59.5 Å². The van der Waals surface area contributed by atoms with Crippen LogP contribution in [0.3, 0.4) is 0 Å². The van der Waals surface area contributed by atoms with E-state index in [9.17, 15) is 9.59 Å². The summed E-state index contributed by atoms with van der Waals surface area (Å²) in [7, 11) is 2.01. The first-order valence-electron chi connectivity index (χ1n) is 9.33. The minimum Gasteiger partial charge on any atom is -0.464 e. The van der Waals surface area contributed by atoms with Crippen molar-refractivity contribution in [3.05, 3.63) is 65.5 Å². The number of pyridine rings is 1. The summed E-state index contributed by atoms with van der Waals surface area (Å²) in [5, 5.41) is 0. The van der Waals surface area contributed by atoms with E-state index >= 15 is 0 Å². The van der Waals surface area contributed by atoms with Crippen molar-refractivity contribution >= 4 is 11.8 Å². The van der Waals surface area contributed by atoms with Gasteiger partial charge in [-0.1, -0.05) is 30.3 Å². The molecule has 0 radical (unpaired) electrons. The van der Waals surface area contributed by atoms with Gasteiger partial charge in [-0.3, -0.25) is 14.6 Å². The van der Waals surface area contributed by atoms with Gasteiger partial charge in [0.1, 0.15) is 18.8 Å². The van der Waals surface area contributed by atoms with E-state index in [2.05, 4.69) is 40.2 Å². The molecule has 5 heteroatoms. The highest BCUT2D eigenvalue weighted by molar-refractivity contribution is 5.94. The highest BCUT2D eigenvalue weighted by Crippen LogP contribution is 2.11. The van der Waals surface area contributed by atoms with Crippen molar-refractivity contribution < 1.29 is 14.3 Å². The van der Waals surface area contributed by atoms with Gasteiger partial charge in [-0.2, -0.15) is 0 Å². The Balaban J connectivity index is 1.63. The lowest BCUT2D eigenvalue weighted by molar-refractivity contribution is -0.146. The van der Waals surface area contributed by atoms with Gasteiger partial charge < -0.3 is 9.64 Å². The number of rotatable bonds is 11. The fourth-order valence-electron chi connectivity index (χ4n) is 2.80. The highest BCUT2D eigenvalue weighted by atomic mass is 16.5. The van der Waals surface area contributed by atoms with Crippen LogP contribution >= 0.6 is 0 Å². The number of hydrogen-bond acceptors (Lipinski definition) is 5. The molecule has 0 aliphatic carbocycles. The predicted octanol–water partition coefficient (Wildman–Crippen LogP) is 3.06. The van der Waals surface area contributed by atoms with Crippen LogP contribution < -0.4 is 0 Å². The van der Waals surface area contributed by atoms with E-state index in [0.717, 1.165) is 25.8 Å². The summed E-state index contributed by atoms with van der Waals surface area (Å²) in [6.07, 6.45) is 6.52. The van der Waals surface area contributed by atoms with E-state index in [-0.39, 0.29) is 12.2 Å². The lowest BCUT2D eigenvalue weighted by Crippen LogP contribution is -2.26. The Morgan fingerprint density at radius 3 is 2.44 bits per heavy atom. The molecule has 5 nitrogen and oxygen atoms in total. The summed E-state index contributed by atoms with van der Waals surface area (Å²) < 4.78 is 5.04. The van der Waals surface area contributed by atoms with Gasteiger partial charge in [-0.05, 0) is 62.5 Å². The van der Waals surface area contributed by atoms with E-state index in [4.69, 9.17) is 4.74 Å². The Morgan fingerprint density at radius 1 is 1.04 bits per heavy atom. The van der Waals surface area contributed by atoms with Crippen LogP contribution in [0.5, 0.6) is 0 Å². The smallest absolute Gasteiger partial charge is 0.313 e. The molecule has 2 rings (SSSR count). The third kappa shape index (κ3) is 8.60. The molecule has 2 aromatic rings. The molecule has 27 heavy (non-hydrogen) atoms. The maximum Gasteiger partial charge on any atom is 0.313 e. The Labute approximate surface area is 161 Å². The Bertz CT molecular complexity index is 714. The summed E-state index contributed by atoms with van der Waals surface area (Å²) in [5.74, 6) is -0.609. The first-order valence-corrected chi connectivity index (χ1v) is 9.33. The molecule has 144 valence electrons. The summed E-state index contributed by atoms with van der Waals surface area (Å²) in [5.41, 5.74) is 3.83. The Morgan fingerprint density at radius 2 is 1.78 bits per heavy atom. The van der Waals surface area contributed by atoms with Gasteiger partial charge >= 0.3 is 5.97 Å². The molecule has 0 bridgehead atoms. The van der Waals surface area contributed by atoms with E-state index < -0.39 is 5.97 Å². The van der Waals surface area contributed by atoms with E-state index in [1.54, 1.807) is 6.20 Å². The quantitative estimate of drug-likeness (QED) is 0.451. The first kappa shape index (κ1) is 20.8. The molecular formula is C22H28N2O3. The molecule has 0 spiro atoms. The molecule has 0 N–H and O–H groups in total. The summed E-state index contributed by atoms with van der Waals surface area (Å²) in [6, 6.07) is 12.8. The van der Waals surface area contributed by atoms with Crippen LogP contribution in [-0.2, 0) is 27.2 Å². The number of aromatic nitrogens is 1. The molecule has 0 aliphatic heterocycles. The molecule has 0 amide bonds. The zero-order valence-corrected chi connectivity index (χ0v) is 16.2. The molecule has 0 aliphatic rings. The van der Waals surface area contributed by atoms with Crippen LogP contribution in [-0.4, -0.2) is 48.4 Å². The second-order valence-electron chi connectivity index (χ2n) is 6.86. The fourth-order valence-corrected chi connectivity index (χ4v) is 2.80. The van der Waals surface area contributed by atoms with E-state index in [1.165, 1.54) is 23.6 Å². The minimum absolute atomic E-state index is 0.138. The number of ether oxygens (including phenoxy) is 1. The van der Waals surface area contributed by atoms with Gasteiger partial charge in [-0.25, -0.2) is 0 Å². The van der Waals surface area contributed by atoms with Crippen LogP contribution in [0.1, 0.15) is 36.5 Å². The summed E-state index contributed by atoms with van der Waals surface area (Å²) >= 11 is 0. The second kappa shape index (κ2) is 11.2. The van der Waals surface area contributed by atoms with Crippen LogP contribution in [0, 0.1) is 0 Å². The second-order valence-corrected chi connectivity index (χ2v) is 6.86. The van der Waals surface area contributed by atoms with Crippen LogP contribution in [0.4, 0.5) is 0 Å². The number of aryl methyl sites for hydroxylation is 1. The average molecular weight is 368 g/mol. The zero-order valence-electron chi connectivity index (χ0n) is 16.2. The number of carbonyl (C=O) groups is 2. The fraction of sp³-hybridized carbons (Fsp3) is 0.409. The SMILES string of the molecule is CC(=O)CC(=O)OCCN(C)CCCc1ccc(Cc2cccnc2)cc1. The van der Waals surface area contributed by atoms with Crippen molar-refractivity contribution in [3.8, 4) is 0 Å². The standard InChI is InChI=1S/C22H28N2O3/c1-18(25)15-22(26)27-14-13-24(2)12-4-6-19-7-9-20(10-8-19)16-21-5-3-11-23-17-21/h3,5,7-11,17H,4,6,12-16H2,1-2H3. The van der Waals surface area contributed by atoms with Gasteiger partial charge in [0.05, 0.1) is 0 Å². The average Bonchev–Trinajstić information content (AvgIpc) is 2.63. The number of nitrogens with zero attached hydrogens (tertiary/aromatic N) is 2. The molecule has 0 saturated heterocycles. The maximum absolute atomic E-state index is 11.3. The molecule has 1 aromatic heterocycles. The summed E-state index contributed by atoms with van der Waals surface area (Å²) in [6.45, 7) is 3.32. The lowest BCUT2D eigenvalue weighted by atomic mass is 10.0. The predicted molar refractivity (Wildman–Crippen MR) is 106 cm³/mol. The summed E-state index contributed by atoms with van der Waals surface area (Å²) in [4.78, 5) is 28.4. The number of likely N-dealkylation sites (N-methyl/N-ethyl adjacent to an activating group) is 1. The monoisotopic (exact) mass is 368 g/mol. The number of esters is 1. The van der Waals surface area contributed by atoms with Crippen molar-refractivity contribution in [1.29, 1.82) is 0 Å². The van der Waals surface area contributed by atoms with Crippen molar-refractivity contribution in [3.63, 3.8) is 0 Å². The highest BCUT2D eigenvalue weighted by Gasteiger charge is 2.07. The van der Waals surface area contributed by atoms with Gasteiger partial charge in [0.2, 0.25) is 0 Å². The van der Waals surface area contributed by atoms with Crippen molar-refractivity contribution in [2.24, 2.45) is 0 Å². The molecule has 0 atom stereocenters. The number of Topliss-reactive ketones (excluding diaryl/α,β-unsaturated/α-hetero) is 1. The van der Waals surface area contributed by atoms with Gasteiger partial charge in [0.15, 0.2) is 0 Å². The number of benzene rings is 1. The van der Waals surface area contributed by atoms with Crippen LogP contribution in [0.25, 0.3) is 0 Å². The molecule has 0 fully saturated rings. The van der Waals surface area contributed by atoms with Gasteiger partial charge in [0.25, 0.3) is 0 Å². The molecular weight excluding hydrogens is 340 g/mol. The normalized spacial score (nSPS) is 10.8. The number of carbonyl (C=O) groups excluding carboxylic acids is 2. The van der Waals surface area contributed by atoms with Crippen LogP contribution in [0.15, 0.2) is 48.8 Å². The lowest BCUT2D eigenvalue weighted by Gasteiger charge is -2.16. The van der Waals surface area contributed by atoms with E-state index in [0.29, 0.717) is 13.2 Å². The third-order valence-electron chi connectivity index (χ3n) is 4.29. The van der Waals surface area contributed by atoms with Crippen molar-refractivity contribution in [2.75, 3.05) is 26.7 Å². The molecule has 1 heterocycles. The van der Waals surface area contributed by atoms with Crippen molar-refractivity contribution in [2.45, 2.75) is 32.6 Å². The third-order valence-corrected chi connectivity index (χ3v) is 4.29. The van der Waals surface area contributed by atoms with E-state index in [1.807, 2.05) is 19.3 Å². The maximum atomic E-state index is 11.3. The first-order chi connectivity index (χ1) is 13.0. The van der Waals surface area contributed by atoms with Crippen molar-refractivity contribution in [1.82, 2.24) is 9.88 Å². The van der Waals surface area contributed by atoms with Gasteiger partial charge in [-0.15, -0.1) is 0 Å².